The number of nitrogens with zero attached hydrogens (tertiary/aromatic N) is 5. The number of hydrogen-bond donors (Lipinski definition) is 2. The number of rotatable bonds is 4. The Kier molecular flexibility index (Phi) is 4.24. The second kappa shape index (κ2) is 6.33. The summed E-state index contributed by atoms with van der Waals surface area (Å²) < 4.78 is 1.57. The van der Waals surface area contributed by atoms with Gasteiger partial charge in [-0.3, -0.25) is 9.48 Å². The summed E-state index contributed by atoms with van der Waals surface area (Å²) >= 11 is 0. The predicted octanol–water partition coefficient (Wildman–Crippen LogP) is -0.0286. The lowest BCUT2D eigenvalue weighted by Crippen LogP contribution is -2.54. The molecule has 0 spiro atoms. The molecule has 2 N–H and O–H groups in total. The first-order valence-corrected chi connectivity index (χ1v) is 7.57. The Morgan fingerprint density at radius 3 is 2.91 bits per heavy atom. The van der Waals surface area contributed by atoms with E-state index in [2.05, 4.69) is 20.4 Å². The number of aryl methyl sites for hydroxylation is 1. The van der Waals surface area contributed by atoms with Crippen molar-refractivity contribution in [2.24, 2.45) is 7.05 Å². The van der Waals surface area contributed by atoms with Gasteiger partial charge in [0.05, 0.1) is 23.9 Å². The molecule has 0 bridgehead atoms. The molecule has 1 aliphatic rings. The molecule has 2 aromatic heterocycles. The molecular formula is C15H20N6O2. The fraction of sp³-hybridized carbons (Fsp3) is 0.467. The zero-order valence-corrected chi connectivity index (χ0v) is 13.0. The number of anilines is 1. The Balaban J connectivity index is 1.61. The maximum atomic E-state index is 12.1. The van der Waals surface area contributed by atoms with E-state index in [1.165, 1.54) is 6.20 Å². The highest BCUT2D eigenvalue weighted by atomic mass is 16.3. The van der Waals surface area contributed by atoms with E-state index < -0.39 is 5.60 Å². The van der Waals surface area contributed by atoms with Gasteiger partial charge < -0.3 is 15.3 Å². The van der Waals surface area contributed by atoms with Gasteiger partial charge in [-0.25, -0.2) is 9.97 Å². The van der Waals surface area contributed by atoms with E-state index in [1.54, 1.807) is 36.4 Å². The maximum absolute atomic E-state index is 12.1. The van der Waals surface area contributed by atoms with Gasteiger partial charge in [-0.05, 0) is 18.9 Å². The van der Waals surface area contributed by atoms with E-state index >= 15 is 0 Å². The number of amides is 1. The normalized spacial score (nSPS) is 21.2. The molecule has 1 fully saturated rings. The minimum Gasteiger partial charge on any atom is -0.386 e. The fourth-order valence-corrected chi connectivity index (χ4v) is 2.77. The van der Waals surface area contributed by atoms with Crippen molar-refractivity contribution in [2.45, 2.75) is 18.4 Å². The number of hydrogen-bond acceptors (Lipinski definition) is 6. The van der Waals surface area contributed by atoms with E-state index in [9.17, 15) is 9.90 Å². The molecule has 122 valence electrons. The third-order valence-corrected chi connectivity index (χ3v) is 3.94. The van der Waals surface area contributed by atoms with E-state index in [0.717, 1.165) is 13.0 Å². The summed E-state index contributed by atoms with van der Waals surface area (Å²) in [6.45, 7) is 1.37. The van der Waals surface area contributed by atoms with Crippen LogP contribution < -0.4 is 10.2 Å². The van der Waals surface area contributed by atoms with Crippen LogP contribution >= 0.6 is 0 Å². The number of carbonyl (C=O) groups excluding carboxylic acids is 1. The molecule has 0 aromatic carbocycles. The number of nitrogens with one attached hydrogen (secondary N) is 1. The molecule has 3 rings (SSSR count). The van der Waals surface area contributed by atoms with Gasteiger partial charge >= 0.3 is 0 Å². The van der Waals surface area contributed by atoms with Crippen molar-refractivity contribution >= 4 is 11.9 Å². The molecule has 1 saturated heterocycles. The van der Waals surface area contributed by atoms with Gasteiger partial charge in [-0.2, -0.15) is 5.10 Å². The van der Waals surface area contributed by atoms with Gasteiger partial charge in [-0.1, -0.05) is 0 Å². The van der Waals surface area contributed by atoms with Crippen molar-refractivity contribution in [1.29, 1.82) is 0 Å². The van der Waals surface area contributed by atoms with Gasteiger partial charge in [0.2, 0.25) is 5.95 Å². The largest absolute Gasteiger partial charge is 0.386 e. The fourth-order valence-electron chi connectivity index (χ4n) is 2.77. The molecule has 2 aromatic rings. The zero-order chi connectivity index (χ0) is 16.3. The Bertz CT molecular complexity index is 674. The van der Waals surface area contributed by atoms with Crippen LogP contribution in [0.4, 0.5) is 5.95 Å². The first-order chi connectivity index (χ1) is 11.1. The third kappa shape index (κ3) is 3.65. The summed E-state index contributed by atoms with van der Waals surface area (Å²) in [5, 5.41) is 17.5. The SMILES string of the molecule is Cn1cc(C(=O)NCC2(O)CCCN(c3ncccn3)C2)cn1. The molecular weight excluding hydrogens is 296 g/mol. The summed E-state index contributed by atoms with van der Waals surface area (Å²) in [6, 6.07) is 1.76. The van der Waals surface area contributed by atoms with Crippen LogP contribution in [-0.4, -0.2) is 56.0 Å². The lowest BCUT2D eigenvalue weighted by Gasteiger charge is -2.39. The zero-order valence-electron chi connectivity index (χ0n) is 13.0. The standard InChI is InChI=1S/C15H20N6O2/c1-20-9-12(8-19-20)13(22)18-10-15(23)4-2-7-21(11-15)14-16-5-3-6-17-14/h3,5-6,8-9,23H,2,4,7,10-11H2,1H3,(H,18,22). The van der Waals surface area contributed by atoms with Crippen LogP contribution in [0.2, 0.25) is 0 Å². The Labute approximate surface area is 134 Å². The van der Waals surface area contributed by atoms with Crippen LogP contribution in [0.5, 0.6) is 0 Å². The van der Waals surface area contributed by atoms with E-state index in [4.69, 9.17) is 0 Å². The molecule has 0 radical (unpaired) electrons. The number of aromatic nitrogens is 4. The Hall–Kier alpha value is -2.48. The van der Waals surface area contributed by atoms with Crippen LogP contribution in [0, 0.1) is 0 Å². The van der Waals surface area contributed by atoms with Gasteiger partial charge in [0.1, 0.15) is 0 Å². The van der Waals surface area contributed by atoms with E-state index in [0.29, 0.717) is 24.5 Å². The van der Waals surface area contributed by atoms with Gasteiger partial charge in [0.25, 0.3) is 5.91 Å². The molecule has 3 heterocycles. The summed E-state index contributed by atoms with van der Waals surface area (Å²) in [4.78, 5) is 22.5. The molecule has 8 heteroatoms. The molecule has 8 nitrogen and oxygen atoms in total. The predicted molar refractivity (Wildman–Crippen MR) is 84.0 cm³/mol. The highest BCUT2D eigenvalue weighted by Gasteiger charge is 2.34. The van der Waals surface area contributed by atoms with Crippen LogP contribution in [0.3, 0.4) is 0 Å². The number of carbonyl (C=O) groups is 1. The summed E-state index contributed by atoms with van der Waals surface area (Å²) in [5.74, 6) is 0.365. The summed E-state index contributed by atoms with van der Waals surface area (Å²) in [6.07, 6.45) is 7.95. The van der Waals surface area contributed by atoms with E-state index in [1.807, 2.05) is 4.90 Å². The van der Waals surface area contributed by atoms with Crippen LogP contribution in [-0.2, 0) is 7.05 Å². The highest BCUT2D eigenvalue weighted by molar-refractivity contribution is 5.93. The smallest absolute Gasteiger partial charge is 0.254 e. The minimum atomic E-state index is -0.991. The van der Waals surface area contributed by atoms with E-state index in [-0.39, 0.29) is 12.5 Å². The van der Waals surface area contributed by atoms with Crippen LogP contribution in [0.15, 0.2) is 30.9 Å². The monoisotopic (exact) mass is 316 g/mol. The van der Waals surface area contributed by atoms with Crippen molar-refractivity contribution in [3.63, 3.8) is 0 Å². The van der Waals surface area contributed by atoms with Crippen molar-refractivity contribution in [3.05, 3.63) is 36.4 Å². The summed E-state index contributed by atoms with van der Waals surface area (Å²) in [7, 11) is 1.75. The van der Waals surface area contributed by atoms with Crippen molar-refractivity contribution in [1.82, 2.24) is 25.1 Å². The number of aliphatic hydroxyl groups is 1. The molecule has 0 aliphatic carbocycles. The maximum Gasteiger partial charge on any atom is 0.254 e. The highest BCUT2D eigenvalue weighted by Crippen LogP contribution is 2.23. The first-order valence-electron chi connectivity index (χ1n) is 7.57. The van der Waals surface area contributed by atoms with Crippen LogP contribution in [0.25, 0.3) is 0 Å². The van der Waals surface area contributed by atoms with Gasteiger partial charge in [0.15, 0.2) is 0 Å². The minimum absolute atomic E-state index is 0.185. The topological polar surface area (TPSA) is 96.2 Å². The molecule has 0 saturated carbocycles. The molecule has 1 unspecified atom stereocenters. The average Bonchev–Trinajstić information content (AvgIpc) is 3.00. The lowest BCUT2D eigenvalue weighted by atomic mass is 9.93. The van der Waals surface area contributed by atoms with Crippen molar-refractivity contribution < 1.29 is 9.90 Å². The average molecular weight is 316 g/mol. The number of piperidine rings is 1. The molecule has 1 atom stereocenters. The third-order valence-electron chi connectivity index (χ3n) is 3.94. The van der Waals surface area contributed by atoms with Gasteiger partial charge in [0, 0.05) is 38.7 Å². The summed E-state index contributed by atoms with van der Waals surface area (Å²) in [5.41, 5.74) is -0.509. The van der Waals surface area contributed by atoms with Crippen molar-refractivity contribution in [3.8, 4) is 0 Å². The molecule has 1 amide bonds. The lowest BCUT2D eigenvalue weighted by molar-refractivity contribution is 0.0252. The Morgan fingerprint density at radius 2 is 2.22 bits per heavy atom. The quantitative estimate of drug-likeness (QED) is 0.822. The van der Waals surface area contributed by atoms with Crippen molar-refractivity contribution in [2.75, 3.05) is 24.5 Å². The van der Waals surface area contributed by atoms with Crippen LogP contribution in [0.1, 0.15) is 23.2 Å². The second-order valence-corrected chi connectivity index (χ2v) is 5.88. The molecule has 23 heavy (non-hydrogen) atoms. The Morgan fingerprint density at radius 1 is 1.43 bits per heavy atom. The van der Waals surface area contributed by atoms with Gasteiger partial charge in [-0.15, -0.1) is 0 Å². The second-order valence-electron chi connectivity index (χ2n) is 5.88. The first kappa shape index (κ1) is 15.4. The molecule has 1 aliphatic heterocycles. The number of β-amino-alcohol motifs (C(OH)–C–C–N with tert-alkyl or cyclic N) is 1.